The number of imidazole rings is 1. The van der Waals surface area contributed by atoms with Gasteiger partial charge in [0.15, 0.2) is 0 Å². The van der Waals surface area contributed by atoms with E-state index in [9.17, 15) is 22.8 Å². The summed E-state index contributed by atoms with van der Waals surface area (Å²) in [4.78, 5) is 30.6. The van der Waals surface area contributed by atoms with E-state index in [0.29, 0.717) is 25.1 Å². The number of aromatic nitrogens is 2. The van der Waals surface area contributed by atoms with Crippen molar-refractivity contribution in [3.63, 3.8) is 0 Å². The lowest BCUT2D eigenvalue weighted by Gasteiger charge is -2.32. The highest BCUT2D eigenvalue weighted by Gasteiger charge is 2.38. The molecule has 0 bridgehead atoms. The lowest BCUT2D eigenvalue weighted by atomic mass is 9.97. The van der Waals surface area contributed by atoms with Crippen molar-refractivity contribution in [1.82, 2.24) is 14.5 Å². The van der Waals surface area contributed by atoms with Crippen molar-refractivity contribution >= 4 is 28.5 Å². The summed E-state index contributed by atoms with van der Waals surface area (Å²) in [5, 5.41) is 2.83. The minimum atomic E-state index is -4.68. The number of carbonyl (C=O) groups excluding carboxylic acids is 2. The Morgan fingerprint density at radius 3 is 2.52 bits per heavy atom. The van der Waals surface area contributed by atoms with Crippen LogP contribution in [0.1, 0.15) is 18.7 Å². The van der Waals surface area contributed by atoms with Gasteiger partial charge in [-0.15, -0.1) is 0 Å². The molecule has 6 nitrogen and oxygen atoms in total. The molecule has 4 rings (SSSR count). The van der Waals surface area contributed by atoms with Gasteiger partial charge < -0.3 is 14.8 Å². The molecule has 0 aliphatic carbocycles. The monoisotopic (exact) mass is 430 g/mol. The van der Waals surface area contributed by atoms with Gasteiger partial charge in [-0.3, -0.25) is 9.59 Å². The predicted molar refractivity (Wildman–Crippen MR) is 109 cm³/mol. The lowest BCUT2D eigenvalue weighted by Crippen LogP contribution is -2.45. The Kier molecular flexibility index (Phi) is 5.67. The van der Waals surface area contributed by atoms with Gasteiger partial charge in [0.1, 0.15) is 6.54 Å². The number of alkyl halides is 3. The summed E-state index contributed by atoms with van der Waals surface area (Å²) in [5.74, 6) is -2.18. The molecule has 1 N–H and O–H groups in total. The average molecular weight is 430 g/mol. The number of nitrogens with zero attached hydrogens (tertiary/aromatic N) is 3. The Hall–Kier alpha value is -3.36. The number of para-hydroxylation sites is 3. The molecule has 9 heteroatoms. The molecule has 3 aromatic rings. The summed E-state index contributed by atoms with van der Waals surface area (Å²) in [5.41, 5.74) is 1.09. The first kappa shape index (κ1) is 20.9. The molecule has 1 saturated heterocycles. The zero-order valence-corrected chi connectivity index (χ0v) is 16.6. The summed E-state index contributed by atoms with van der Waals surface area (Å²) in [6.07, 6.45) is -3.46. The van der Waals surface area contributed by atoms with E-state index in [1.165, 1.54) is 17.0 Å². The number of anilines is 1. The van der Waals surface area contributed by atoms with Gasteiger partial charge >= 0.3 is 6.18 Å². The van der Waals surface area contributed by atoms with Crippen molar-refractivity contribution in [2.45, 2.75) is 25.6 Å². The van der Waals surface area contributed by atoms with E-state index in [2.05, 4.69) is 10.3 Å². The maximum Gasteiger partial charge on any atom is 0.449 e. The summed E-state index contributed by atoms with van der Waals surface area (Å²) in [6, 6.07) is 15.2. The third kappa shape index (κ3) is 4.55. The van der Waals surface area contributed by atoms with Gasteiger partial charge in [-0.2, -0.15) is 13.2 Å². The van der Waals surface area contributed by atoms with Gasteiger partial charge in [-0.1, -0.05) is 30.3 Å². The fourth-order valence-electron chi connectivity index (χ4n) is 3.87. The highest BCUT2D eigenvalue weighted by molar-refractivity contribution is 5.93. The normalized spacial score (nSPS) is 17.0. The van der Waals surface area contributed by atoms with Crippen LogP contribution in [0.15, 0.2) is 54.6 Å². The van der Waals surface area contributed by atoms with Crippen LogP contribution in [0.5, 0.6) is 0 Å². The zero-order valence-electron chi connectivity index (χ0n) is 16.6. The van der Waals surface area contributed by atoms with Gasteiger partial charge in [0.05, 0.1) is 17.0 Å². The first-order valence-corrected chi connectivity index (χ1v) is 9.99. The first-order valence-electron chi connectivity index (χ1n) is 9.99. The van der Waals surface area contributed by atoms with Gasteiger partial charge in [-0.05, 0) is 37.1 Å². The number of piperidine rings is 1. The van der Waals surface area contributed by atoms with E-state index in [1.54, 1.807) is 36.4 Å². The molecule has 1 aliphatic heterocycles. The predicted octanol–water partition coefficient (Wildman–Crippen LogP) is 3.93. The van der Waals surface area contributed by atoms with Gasteiger partial charge in [-0.25, -0.2) is 4.98 Å². The van der Waals surface area contributed by atoms with Gasteiger partial charge in [0.25, 0.3) is 0 Å². The topological polar surface area (TPSA) is 67.2 Å². The summed E-state index contributed by atoms with van der Waals surface area (Å²) in [7, 11) is 0. The van der Waals surface area contributed by atoms with Crippen molar-refractivity contribution < 1.29 is 22.8 Å². The van der Waals surface area contributed by atoms with Crippen molar-refractivity contribution in [1.29, 1.82) is 0 Å². The van der Waals surface area contributed by atoms with Crippen LogP contribution in [-0.4, -0.2) is 39.4 Å². The van der Waals surface area contributed by atoms with Gasteiger partial charge in [0, 0.05) is 18.8 Å². The Morgan fingerprint density at radius 2 is 1.77 bits per heavy atom. The number of hydrogen-bond acceptors (Lipinski definition) is 3. The van der Waals surface area contributed by atoms with Crippen LogP contribution < -0.4 is 5.32 Å². The molecule has 2 aromatic carbocycles. The highest BCUT2D eigenvalue weighted by Crippen LogP contribution is 2.31. The van der Waals surface area contributed by atoms with Crippen LogP contribution in [0.4, 0.5) is 18.9 Å². The second kappa shape index (κ2) is 8.41. The molecular weight excluding hydrogens is 409 g/mol. The molecule has 162 valence electrons. The molecule has 1 atom stereocenters. The molecular formula is C22H21F3N4O2. The molecule has 0 radical (unpaired) electrons. The van der Waals surface area contributed by atoms with Crippen molar-refractivity contribution in [3.8, 4) is 0 Å². The van der Waals surface area contributed by atoms with Crippen molar-refractivity contribution in [2.75, 3.05) is 18.4 Å². The lowest BCUT2D eigenvalue weighted by molar-refractivity contribution is -0.148. The molecule has 1 aromatic heterocycles. The van der Waals surface area contributed by atoms with Crippen LogP contribution in [0.2, 0.25) is 0 Å². The fourth-order valence-corrected chi connectivity index (χ4v) is 3.87. The van der Waals surface area contributed by atoms with E-state index < -0.39 is 30.4 Å². The van der Waals surface area contributed by atoms with Crippen LogP contribution >= 0.6 is 0 Å². The smallest absolute Gasteiger partial charge is 0.340 e. The largest absolute Gasteiger partial charge is 0.449 e. The second-order valence-electron chi connectivity index (χ2n) is 7.54. The summed E-state index contributed by atoms with van der Waals surface area (Å²) in [6.45, 7) is 0.0930. The fraction of sp³-hybridized carbons (Fsp3) is 0.318. The molecule has 1 fully saturated rings. The standard InChI is InChI=1S/C22H21F3N4O2/c23-22(24,25)21-27-17-10-4-5-11-18(17)29(21)14-19(30)28-12-6-7-15(13-28)20(31)26-16-8-2-1-3-9-16/h1-5,8-11,15H,6-7,12-14H2,(H,26,31). The number of rotatable bonds is 4. The Balaban J connectivity index is 1.49. The number of carbonyl (C=O) groups is 2. The summed E-state index contributed by atoms with van der Waals surface area (Å²) >= 11 is 0. The Morgan fingerprint density at radius 1 is 1.06 bits per heavy atom. The average Bonchev–Trinajstić information content (AvgIpc) is 3.13. The number of hydrogen-bond donors (Lipinski definition) is 1. The van der Waals surface area contributed by atoms with Crippen molar-refractivity contribution in [3.05, 3.63) is 60.4 Å². The Bertz CT molecular complexity index is 1100. The molecule has 2 heterocycles. The maximum absolute atomic E-state index is 13.5. The molecule has 1 unspecified atom stereocenters. The second-order valence-corrected chi connectivity index (χ2v) is 7.54. The number of fused-ring (bicyclic) bond motifs is 1. The minimum Gasteiger partial charge on any atom is -0.340 e. The quantitative estimate of drug-likeness (QED) is 0.682. The molecule has 0 saturated carbocycles. The molecule has 2 amide bonds. The first-order chi connectivity index (χ1) is 14.8. The van der Waals surface area contributed by atoms with Crippen LogP contribution in [0.3, 0.4) is 0 Å². The van der Waals surface area contributed by atoms with E-state index >= 15 is 0 Å². The minimum absolute atomic E-state index is 0.172. The highest BCUT2D eigenvalue weighted by atomic mass is 19.4. The molecule has 31 heavy (non-hydrogen) atoms. The molecule has 1 aliphatic rings. The Labute approximate surface area is 176 Å². The van der Waals surface area contributed by atoms with Crippen LogP contribution in [-0.2, 0) is 22.3 Å². The van der Waals surface area contributed by atoms with Crippen LogP contribution in [0.25, 0.3) is 11.0 Å². The number of nitrogens with one attached hydrogen (secondary N) is 1. The maximum atomic E-state index is 13.5. The number of halogens is 3. The van der Waals surface area contributed by atoms with Gasteiger partial charge in [0.2, 0.25) is 17.6 Å². The van der Waals surface area contributed by atoms with E-state index in [4.69, 9.17) is 0 Å². The van der Waals surface area contributed by atoms with Crippen LogP contribution in [0, 0.1) is 5.92 Å². The number of benzene rings is 2. The summed E-state index contributed by atoms with van der Waals surface area (Å²) < 4.78 is 41.4. The van der Waals surface area contributed by atoms with E-state index in [0.717, 1.165) is 4.57 Å². The SMILES string of the molecule is O=C(Nc1ccccc1)C1CCCN(C(=O)Cn2c(C(F)(F)F)nc3ccccc32)C1. The van der Waals surface area contributed by atoms with E-state index in [-0.39, 0.29) is 23.5 Å². The molecule has 0 spiro atoms. The van der Waals surface area contributed by atoms with Crippen molar-refractivity contribution in [2.24, 2.45) is 5.92 Å². The zero-order chi connectivity index (χ0) is 22.0. The third-order valence-corrected chi connectivity index (χ3v) is 5.39. The number of amides is 2. The van der Waals surface area contributed by atoms with E-state index in [1.807, 2.05) is 6.07 Å². The third-order valence-electron chi connectivity index (χ3n) is 5.39. The number of likely N-dealkylation sites (tertiary alicyclic amines) is 1.